The van der Waals surface area contributed by atoms with Gasteiger partial charge in [0.2, 0.25) is 0 Å². The van der Waals surface area contributed by atoms with Gasteiger partial charge in [-0.25, -0.2) is 14.4 Å². The maximum atomic E-state index is 13.8. The van der Waals surface area contributed by atoms with E-state index in [9.17, 15) is 4.39 Å². The Labute approximate surface area is 210 Å². The van der Waals surface area contributed by atoms with Crippen LogP contribution in [0.3, 0.4) is 0 Å². The molecule has 0 aliphatic heterocycles. The highest BCUT2D eigenvalue weighted by molar-refractivity contribution is 6.31. The molecular weight excluding hydrogens is 461 g/mol. The van der Waals surface area contributed by atoms with Crippen LogP contribution in [0.5, 0.6) is 0 Å². The summed E-state index contributed by atoms with van der Waals surface area (Å²) in [5.74, 6) is -0.0249. The Hall–Kier alpha value is -3.87. The van der Waals surface area contributed by atoms with Crippen molar-refractivity contribution in [1.29, 1.82) is 0 Å². The van der Waals surface area contributed by atoms with E-state index in [-0.39, 0.29) is 5.02 Å². The van der Waals surface area contributed by atoms with E-state index < -0.39 is 5.82 Å². The Morgan fingerprint density at radius 1 is 0.943 bits per heavy atom. The van der Waals surface area contributed by atoms with Gasteiger partial charge < -0.3 is 10.6 Å². The molecule has 2 N–H and O–H groups in total. The monoisotopic (exact) mass is 487 g/mol. The molecule has 178 valence electrons. The van der Waals surface area contributed by atoms with Crippen molar-refractivity contribution in [3.63, 3.8) is 0 Å². The minimum atomic E-state index is -0.466. The van der Waals surface area contributed by atoms with Gasteiger partial charge in [-0.05, 0) is 72.9 Å². The molecule has 0 aliphatic carbocycles. The van der Waals surface area contributed by atoms with Crippen LogP contribution in [-0.2, 0) is 0 Å². The minimum Gasteiger partial charge on any atom is -0.378 e. The number of aliphatic imine (C=N–C) groups is 2. The first-order valence-corrected chi connectivity index (χ1v) is 11.2. The van der Waals surface area contributed by atoms with Crippen molar-refractivity contribution < 1.29 is 4.39 Å². The van der Waals surface area contributed by atoms with Gasteiger partial charge in [0.15, 0.2) is 5.84 Å². The third kappa shape index (κ3) is 6.18. The van der Waals surface area contributed by atoms with E-state index >= 15 is 0 Å². The Bertz CT molecular complexity index is 1340. The quantitative estimate of drug-likeness (QED) is 0.254. The summed E-state index contributed by atoms with van der Waals surface area (Å²) < 4.78 is 13.8. The lowest BCUT2D eigenvalue weighted by atomic mass is 9.98. The number of benzene rings is 3. The summed E-state index contributed by atoms with van der Waals surface area (Å²) in [6.07, 6.45) is 3.38. The van der Waals surface area contributed by atoms with Crippen LogP contribution in [0.15, 0.2) is 95.2 Å². The van der Waals surface area contributed by atoms with E-state index in [4.69, 9.17) is 16.6 Å². The summed E-state index contributed by atoms with van der Waals surface area (Å²) in [6, 6.07) is 22.6. The molecule has 5 nitrogen and oxygen atoms in total. The number of halogens is 2. The second-order valence-corrected chi connectivity index (χ2v) is 8.05. The van der Waals surface area contributed by atoms with Crippen molar-refractivity contribution in [1.82, 2.24) is 4.98 Å². The standard InChI is InChI=1S/C27H22ClFN4.CH5N/c1-30-27(21-7-5-13-31-17-21)32-26-16-19(18-6-4-8-22(14-18)33(2)3)9-11-23(26)20-10-12-25(29)24(28)15-20;1-2/h4-17H,1H2,2-3H3;2H2,1H3. The first-order chi connectivity index (χ1) is 17.0. The van der Waals surface area contributed by atoms with E-state index in [1.165, 1.54) is 13.1 Å². The lowest BCUT2D eigenvalue weighted by Crippen LogP contribution is -2.08. The maximum absolute atomic E-state index is 13.8. The normalized spacial score (nSPS) is 10.9. The predicted octanol–water partition coefficient (Wildman–Crippen LogP) is 6.63. The number of nitrogens with zero attached hydrogens (tertiary/aromatic N) is 4. The molecule has 0 atom stereocenters. The molecule has 1 heterocycles. The van der Waals surface area contributed by atoms with E-state index in [2.05, 4.69) is 45.5 Å². The number of aromatic nitrogens is 1. The van der Waals surface area contributed by atoms with Crippen LogP contribution in [-0.4, -0.2) is 38.7 Å². The van der Waals surface area contributed by atoms with Crippen molar-refractivity contribution in [2.24, 2.45) is 15.7 Å². The van der Waals surface area contributed by atoms with Crippen LogP contribution in [0.4, 0.5) is 15.8 Å². The summed E-state index contributed by atoms with van der Waals surface area (Å²) >= 11 is 6.07. The number of amidine groups is 1. The van der Waals surface area contributed by atoms with Crippen molar-refractivity contribution in [3.8, 4) is 22.3 Å². The molecule has 4 rings (SSSR count). The summed E-state index contributed by atoms with van der Waals surface area (Å²) in [5.41, 5.74) is 10.6. The topological polar surface area (TPSA) is 66.9 Å². The fraction of sp³-hybridized carbons (Fsp3) is 0.107. The summed E-state index contributed by atoms with van der Waals surface area (Å²) in [4.78, 5) is 15.2. The summed E-state index contributed by atoms with van der Waals surface area (Å²) in [7, 11) is 5.51. The zero-order chi connectivity index (χ0) is 25.4. The molecule has 3 aromatic carbocycles. The fourth-order valence-electron chi connectivity index (χ4n) is 3.48. The number of hydrogen-bond acceptors (Lipinski definition) is 4. The Kier molecular flexibility index (Phi) is 8.84. The number of hydrogen-bond donors (Lipinski definition) is 1. The van der Waals surface area contributed by atoms with Crippen LogP contribution >= 0.6 is 11.6 Å². The van der Waals surface area contributed by atoms with E-state index in [0.717, 1.165) is 33.5 Å². The van der Waals surface area contributed by atoms with Gasteiger partial charge in [-0.15, -0.1) is 0 Å². The van der Waals surface area contributed by atoms with Gasteiger partial charge in [-0.1, -0.05) is 41.9 Å². The lowest BCUT2D eigenvalue weighted by molar-refractivity contribution is 0.628. The molecule has 0 saturated carbocycles. The third-order valence-electron chi connectivity index (χ3n) is 5.22. The number of rotatable bonds is 5. The smallest absolute Gasteiger partial charge is 0.160 e. The fourth-order valence-corrected chi connectivity index (χ4v) is 3.66. The average molecular weight is 488 g/mol. The highest BCUT2D eigenvalue weighted by Crippen LogP contribution is 2.37. The molecule has 0 spiro atoms. The van der Waals surface area contributed by atoms with Crippen molar-refractivity contribution in [2.75, 3.05) is 26.0 Å². The SMILES string of the molecule is C=NC(=Nc1cc(-c2cccc(N(C)C)c2)ccc1-c1ccc(F)c(Cl)c1)c1cccnc1.CN. The molecule has 0 radical (unpaired) electrons. The van der Waals surface area contributed by atoms with Gasteiger partial charge in [0.25, 0.3) is 0 Å². The molecule has 0 unspecified atom stereocenters. The molecule has 1 aromatic heterocycles. The van der Waals surface area contributed by atoms with Gasteiger partial charge in [0, 0.05) is 43.3 Å². The van der Waals surface area contributed by atoms with Crippen molar-refractivity contribution in [2.45, 2.75) is 0 Å². The van der Waals surface area contributed by atoms with E-state index in [1.807, 2.05) is 50.5 Å². The van der Waals surface area contributed by atoms with Gasteiger partial charge in [0.05, 0.1) is 10.7 Å². The maximum Gasteiger partial charge on any atom is 0.160 e. The van der Waals surface area contributed by atoms with Crippen LogP contribution in [0.1, 0.15) is 5.56 Å². The Morgan fingerprint density at radius 2 is 1.69 bits per heavy atom. The van der Waals surface area contributed by atoms with Crippen LogP contribution in [0.2, 0.25) is 5.02 Å². The zero-order valence-corrected chi connectivity index (χ0v) is 20.7. The Balaban J connectivity index is 0.00000167. The van der Waals surface area contributed by atoms with E-state index in [0.29, 0.717) is 11.5 Å². The highest BCUT2D eigenvalue weighted by atomic mass is 35.5. The summed E-state index contributed by atoms with van der Waals surface area (Å²) in [5, 5.41) is 0.0551. The zero-order valence-electron chi connectivity index (χ0n) is 19.9. The van der Waals surface area contributed by atoms with Crippen molar-refractivity contribution in [3.05, 3.63) is 102 Å². The number of nitrogens with two attached hydrogens (primary N) is 1. The molecule has 0 fully saturated rings. The first kappa shape index (κ1) is 25.7. The minimum absolute atomic E-state index is 0.0551. The van der Waals surface area contributed by atoms with Gasteiger partial charge in [-0.3, -0.25) is 4.98 Å². The summed E-state index contributed by atoms with van der Waals surface area (Å²) in [6.45, 7) is 3.69. The Morgan fingerprint density at radius 3 is 2.34 bits per heavy atom. The molecule has 0 amide bonds. The molecule has 35 heavy (non-hydrogen) atoms. The van der Waals surface area contributed by atoms with Gasteiger partial charge in [0.1, 0.15) is 5.82 Å². The second kappa shape index (κ2) is 12.0. The van der Waals surface area contributed by atoms with E-state index in [1.54, 1.807) is 24.5 Å². The van der Waals surface area contributed by atoms with Crippen LogP contribution < -0.4 is 10.6 Å². The number of anilines is 1. The van der Waals surface area contributed by atoms with Crippen LogP contribution in [0.25, 0.3) is 22.3 Å². The van der Waals surface area contributed by atoms with Crippen molar-refractivity contribution >= 4 is 35.5 Å². The molecular formula is C28H27ClFN5. The molecule has 0 aliphatic rings. The third-order valence-corrected chi connectivity index (χ3v) is 5.51. The molecule has 4 aromatic rings. The predicted molar refractivity (Wildman–Crippen MR) is 147 cm³/mol. The highest BCUT2D eigenvalue weighted by Gasteiger charge is 2.12. The molecule has 0 saturated heterocycles. The average Bonchev–Trinajstić information content (AvgIpc) is 2.90. The first-order valence-electron chi connectivity index (χ1n) is 10.9. The van der Waals surface area contributed by atoms with Gasteiger partial charge in [-0.2, -0.15) is 0 Å². The molecule has 0 bridgehead atoms. The number of pyridine rings is 1. The largest absolute Gasteiger partial charge is 0.378 e. The second-order valence-electron chi connectivity index (χ2n) is 7.64. The molecule has 7 heteroatoms. The lowest BCUT2D eigenvalue weighted by Gasteiger charge is -2.15. The van der Waals surface area contributed by atoms with Crippen LogP contribution in [0, 0.1) is 5.82 Å². The van der Waals surface area contributed by atoms with Gasteiger partial charge >= 0.3 is 0 Å².